The van der Waals surface area contributed by atoms with Crippen molar-refractivity contribution in [3.63, 3.8) is 0 Å². The number of rotatable bonds is 6. The third-order valence-corrected chi connectivity index (χ3v) is 2.86. The summed E-state index contributed by atoms with van der Waals surface area (Å²) < 4.78 is 1.43. The number of nitrogens with one attached hydrogen (secondary N) is 1. The topological polar surface area (TPSA) is 85.9 Å². The van der Waals surface area contributed by atoms with E-state index in [1.807, 2.05) is 12.1 Å². The number of pyridine rings is 1. The minimum absolute atomic E-state index is 0.0317. The van der Waals surface area contributed by atoms with Crippen LogP contribution in [-0.4, -0.2) is 26.2 Å². The van der Waals surface area contributed by atoms with Crippen molar-refractivity contribution in [1.29, 1.82) is 0 Å². The highest BCUT2D eigenvalue weighted by molar-refractivity contribution is 6.32. The molecule has 0 aliphatic heterocycles. The fourth-order valence-electron chi connectivity index (χ4n) is 1.65. The minimum Gasteiger partial charge on any atom is -0.370 e. The van der Waals surface area contributed by atoms with E-state index in [0.717, 1.165) is 24.3 Å². The van der Waals surface area contributed by atoms with Crippen LogP contribution in [0, 0.1) is 10.1 Å². The van der Waals surface area contributed by atoms with Crippen molar-refractivity contribution in [2.45, 2.75) is 19.9 Å². The Balaban J connectivity index is 2.06. The molecule has 0 saturated carbocycles. The predicted molar refractivity (Wildman–Crippen MR) is 76.0 cm³/mol. The number of halogens is 1. The zero-order valence-corrected chi connectivity index (χ0v) is 11.7. The lowest BCUT2D eigenvalue weighted by Gasteiger charge is -2.04. The van der Waals surface area contributed by atoms with E-state index >= 15 is 0 Å². The maximum atomic E-state index is 10.7. The van der Waals surface area contributed by atoms with Gasteiger partial charge in [0.15, 0.2) is 5.02 Å². The first-order valence-corrected chi connectivity index (χ1v) is 6.54. The number of nitrogens with zero attached hydrogens (tertiary/aromatic N) is 4. The minimum atomic E-state index is -0.602. The first kappa shape index (κ1) is 14.3. The molecular formula is C12H14ClN5O2. The number of nitro groups is 1. The fourth-order valence-corrected chi connectivity index (χ4v) is 1.87. The largest absolute Gasteiger partial charge is 0.408 e. The molecule has 0 unspecified atom stereocenters. The second-order valence-corrected chi connectivity index (χ2v) is 4.64. The van der Waals surface area contributed by atoms with E-state index < -0.39 is 4.92 Å². The molecule has 1 N–H and O–H groups in total. The van der Waals surface area contributed by atoms with Crippen LogP contribution in [0.3, 0.4) is 0 Å². The van der Waals surface area contributed by atoms with Gasteiger partial charge in [-0.3, -0.25) is 0 Å². The lowest BCUT2D eigenvalue weighted by atomic mass is 10.3. The standard InChI is InChI=1S/C12H14ClN5O2/c1-2-5-14-11-4-3-9(6-15-11)7-17-8-10(13)12(16-17)18(19)20/h3-4,6,8H,2,5,7H2,1H3,(H,14,15). The Morgan fingerprint density at radius 3 is 2.85 bits per heavy atom. The van der Waals surface area contributed by atoms with Crippen molar-refractivity contribution in [3.05, 3.63) is 45.2 Å². The molecule has 2 rings (SSSR count). The van der Waals surface area contributed by atoms with Crippen molar-refractivity contribution in [3.8, 4) is 0 Å². The van der Waals surface area contributed by atoms with Gasteiger partial charge in [0.2, 0.25) is 0 Å². The van der Waals surface area contributed by atoms with Gasteiger partial charge in [-0.25, -0.2) is 4.98 Å². The Morgan fingerprint density at radius 2 is 2.30 bits per heavy atom. The van der Waals surface area contributed by atoms with Gasteiger partial charge >= 0.3 is 5.82 Å². The van der Waals surface area contributed by atoms with Crippen molar-refractivity contribution in [1.82, 2.24) is 14.8 Å². The molecule has 2 aromatic heterocycles. The van der Waals surface area contributed by atoms with Gasteiger partial charge < -0.3 is 15.4 Å². The molecule has 0 spiro atoms. The second-order valence-electron chi connectivity index (χ2n) is 4.23. The first-order valence-electron chi connectivity index (χ1n) is 6.16. The third kappa shape index (κ3) is 3.45. The van der Waals surface area contributed by atoms with Crippen LogP contribution in [0.5, 0.6) is 0 Å². The quantitative estimate of drug-likeness (QED) is 0.654. The maximum absolute atomic E-state index is 10.7. The van der Waals surface area contributed by atoms with Gasteiger partial charge in [-0.15, -0.1) is 0 Å². The van der Waals surface area contributed by atoms with Crippen molar-refractivity contribution < 1.29 is 4.92 Å². The van der Waals surface area contributed by atoms with Gasteiger partial charge in [0, 0.05) is 12.7 Å². The highest BCUT2D eigenvalue weighted by Crippen LogP contribution is 2.21. The highest BCUT2D eigenvalue weighted by atomic mass is 35.5. The molecule has 0 aromatic carbocycles. The summed E-state index contributed by atoms with van der Waals surface area (Å²) in [7, 11) is 0. The zero-order chi connectivity index (χ0) is 14.5. The van der Waals surface area contributed by atoms with Crippen LogP contribution < -0.4 is 5.32 Å². The Kier molecular flexibility index (Phi) is 4.52. The van der Waals surface area contributed by atoms with E-state index in [2.05, 4.69) is 22.3 Å². The summed E-state index contributed by atoms with van der Waals surface area (Å²) in [5.74, 6) is 0.473. The fraction of sp³-hybridized carbons (Fsp3) is 0.333. The molecule has 0 aliphatic rings. The monoisotopic (exact) mass is 295 g/mol. The lowest BCUT2D eigenvalue weighted by Crippen LogP contribution is -2.04. The van der Waals surface area contributed by atoms with E-state index in [0.29, 0.717) is 6.54 Å². The summed E-state index contributed by atoms with van der Waals surface area (Å²) in [6.45, 7) is 3.33. The summed E-state index contributed by atoms with van der Waals surface area (Å²) in [5.41, 5.74) is 0.890. The highest BCUT2D eigenvalue weighted by Gasteiger charge is 2.18. The number of hydrogen-bond donors (Lipinski definition) is 1. The Labute approximate surface area is 120 Å². The Hall–Kier alpha value is -2.15. The molecule has 8 heteroatoms. The second kappa shape index (κ2) is 6.33. The van der Waals surface area contributed by atoms with Crippen LogP contribution in [0.4, 0.5) is 11.6 Å². The Bertz CT molecular complexity index is 596. The van der Waals surface area contributed by atoms with Crippen molar-refractivity contribution in [2.24, 2.45) is 0 Å². The van der Waals surface area contributed by atoms with Crippen LogP contribution in [0.2, 0.25) is 5.02 Å². The SMILES string of the molecule is CCCNc1ccc(Cn2cc(Cl)c([N+](=O)[O-])n2)cn1. The summed E-state index contributed by atoms with van der Waals surface area (Å²) in [5, 5.41) is 17.7. The number of aromatic nitrogens is 3. The molecule has 0 bridgehead atoms. The number of anilines is 1. The van der Waals surface area contributed by atoms with E-state index in [1.54, 1.807) is 6.20 Å². The zero-order valence-electron chi connectivity index (χ0n) is 10.9. The maximum Gasteiger partial charge on any atom is 0.408 e. The van der Waals surface area contributed by atoms with Gasteiger partial charge in [-0.1, -0.05) is 24.6 Å². The molecule has 0 atom stereocenters. The van der Waals surface area contributed by atoms with Gasteiger partial charge in [-0.2, -0.15) is 4.68 Å². The summed E-state index contributed by atoms with van der Waals surface area (Å²) in [6, 6.07) is 3.76. The molecule has 0 radical (unpaired) electrons. The molecule has 106 valence electrons. The summed E-state index contributed by atoms with van der Waals surface area (Å²) in [4.78, 5) is 14.3. The smallest absolute Gasteiger partial charge is 0.370 e. The van der Waals surface area contributed by atoms with Crippen molar-refractivity contribution in [2.75, 3.05) is 11.9 Å². The Morgan fingerprint density at radius 1 is 1.50 bits per heavy atom. The molecule has 2 heterocycles. The van der Waals surface area contributed by atoms with E-state index in [1.165, 1.54) is 10.9 Å². The predicted octanol–water partition coefficient (Wildman–Crippen LogP) is 2.71. The van der Waals surface area contributed by atoms with Gasteiger partial charge in [0.1, 0.15) is 5.82 Å². The van der Waals surface area contributed by atoms with E-state index in [9.17, 15) is 10.1 Å². The average Bonchev–Trinajstić information content (AvgIpc) is 2.79. The van der Waals surface area contributed by atoms with E-state index in [4.69, 9.17) is 11.6 Å². The van der Waals surface area contributed by atoms with Crippen LogP contribution in [0.15, 0.2) is 24.5 Å². The summed E-state index contributed by atoms with van der Waals surface area (Å²) in [6.07, 6.45) is 4.17. The van der Waals surface area contributed by atoms with Crippen LogP contribution in [0.25, 0.3) is 0 Å². The van der Waals surface area contributed by atoms with Crippen LogP contribution in [0.1, 0.15) is 18.9 Å². The molecule has 0 amide bonds. The van der Waals surface area contributed by atoms with Gasteiger partial charge in [-0.05, 0) is 23.0 Å². The normalized spacial score (nSPS) is 10.5. The molecule has 2 aromatic rings. The van der Waals surface area contributed by atoms with Crippen molar-refractivity contribution >= 4 is 23.2 Å². The van der Waals surface area contributed by atoms with Crippen LogP contribution >= 0.6 is 11.6 Å². The third-order valence-electron chi connectivity index (χ3n) is 2.60. The molecular weight excluding hydrogens is 282 g/mol. The first-order chi connectivity index (χ1) is 9.60. The average molecular weight is 296 g/mol. The summed E-state index contributed by atoms with van der Waals surface area (Å²) >= 11 is 5.74. The van der Waals surface area contributed by atoms with E-state index in [-0.39, 0.29) is 10.8 Å². The van der Waals surface area contributed by atoms with Gasteiger partial charge in [0.05, 0.1) is 17.8 Å². The molecule has 0 saturated heterocycles. The molecule has 20 heavy (non-hydrogen) atoms. The number of hydrogen-bond acceptors (Lipinski definition) is 5. The van der Waals surface area contributed by atoms with Crippen LogP contribution in [-0.2, 0) is 6.54 Å². The lowest BCUT2D eigenvalue weighted by molar-refractivity contribution is -0.389. The van der Waals surface area contributed by atoms with Gasteiger partial charge in [0.25, 0.3) is 0 Å². The molecule has 7 nitrogen and oxygen atoms in total. The molecule has 0 fully saturated rings. The molecule has 0 aliphatic carbocycles.